The van der Waals surface area contributed by atoms with E-state index in [0.29, 0.717) is 4.83 Å². The Kier molecular flexibility index (Phi) is 4.26. The number of aryl methyl sites for hydroxylation is 1. The first-order chi connectivity index (χ1) is 8.08. The highest BCUT2D eigenvalue weighted by Gasteiger charge is 2.22. The molecule has 0 bridgehead atoms. The van der Waals surface area contributed by atoms with Crippen molar-refractivity contribution in [2.45, 2.75) is 24.6 Å². The molecular formula is C13H15Br2NO. The van der Waals surface area contributed by atoms with Crippen LogP contribution in [0.15, 0.2) is 22.7 Å². The molecule has 2 nitrogen and oxygen atoms in total. The summed E-state index contributed by atoms with van der Waals surface area (Å²) in [6.07, 6.45) is 2.09. The van der Waals surface area contributed by atoms with Crippen molar-refractivity contribution in [2.24, 2.45) is 0 Å². The molecule has 1 amide bonds. The maximum Gasteiger partial charge on any atom is 0.253 e. The number of rotatable bonds is 1. The van der Waals surface area contributed by atoms with Gasteiger partial charge in [-0.1, -0.05) is 31.9 Å². The predicted octanol–water partition coefficient (Wildman–Crippen LogP) is 3.76. The summed E-state index contributed by atoms with van der Waals surface area (Å²) >= 11 is 7.05. The van der Waals surface area contributed by atoms with Crippen LogP contribution in [-0.2, 0) is 0 Å². The first kappa shape index (κ1) is 13.1. The molecule has 4 heteroatoms. The van der Waals surface area contributed by atoms with Crippen molar-refractivity contribution in [1.82, 2.24) is 4.90 Å². The van der Waals surface area contributed by atoms with Gasteiger partial charge in [-0.2, -0.15) is 0 Å². The first-order valence-corrected chi connectivity index (χ1v) is 7.48. The molecule has 17 heavy (non-hydrogen) atoms. The largest absolute Gasteiger partial charge is 0.339 e. The maximum absolute atomic E-state index is 12.3. The Labute approximate surface area is 119 Å². The maximum atomic E-state index is 12.3. The molecule has 0 aromatic heterocycles. The zero-order valence-corrected chi connectivity index (χ0v) is 12.9. The smallest absolute Gasteiger partial charge is 0.253 e. The summed E-state index contributed by atoms with van der Waals surface area (Å²) in [5.74, 6) is 0.153. The third-order valence-electron chi connectivity index (χ3n) is 3.12. The zero-order valence-electron chi connectivity index (χ0n) is 9.75. The monoisotopic (exact) mass is 359 g/mol. The van der Waals surface area contributed by atoms with E-state index in [1.165, 1.54) is 0 Å². The van der Waals surface area contributed by atoms with Crippen molar-refractivity contribution in [1.29, 1.82) is 0 Å². The van der Waals surface area contributed by atoms with Crippen LogP contribution in [0.25, 0.3) is 0 Å². The summed E-state index contributed by atoms with van der Waals surface area (Å²) in [6, 6.07) is 5.78. The molecule has 2 rings (SSSR count). The molecular weight excluding hydrogens is 346 g/mol. The zero-order chi connectivity index (χ0) is 12.4. The molecule has 0 N–H and O–H groups in total. The van der Waals surface area contributed by atoms with Gasteiger partial charge in [0.05, 0.1) is 0 Å². The minimum Gasteiger partial charge on any atom is -0.339 e. The Morgan fingerprint density at radius 2 is 2.00 bits per heavy atom. The van der Waals surface area contributed by atoms with Crippen LogP contribution in [0.5, 0.6) is 0 Å². The lowest BCUT2D eigenvalue weighted by Crippen LogP contribution is -2.38. The van der Waals surface area contributed by atoms with E-state index in [9.17, 15) is 4.79 Å². The number of hydrogen-bond acceptors (Lipinski definition) is 1. The fourth-order valence-corrected chi connectivity index (χ4v) is 2.67. The Morgan fingerprint density at radius 3 is 2.59 bits per heavy atom. The van der Waals surface area contributed by atoms with Crippen LogP contribution in [0.3, 0.4) is 0 Å². The highest BCUT2D eigenvalue weighted by Crippen LogP contribution is 2.21. The van der Waals surface area contributed by atoms with E-state index in [2.05, 4.69) is 31.9 Å². The van der Waals surface area contributed by atoms with Crippen LogP contribution in [0, 0.1) is 6.92 Å². The molecule has 0 aliphatic carbocycles. The second kappa shape index (κ2) is 5.53. The predicted molar refractivity (Wildman–Crippen MR) is 76.7 cm³/mol. The van der Waals surface area contributed by atoms with E-state index in [1.54, 1.807) is 0 Å². The number of benzene rings is 1. The fourth-order valence-electron chi connectivity index (χ4n) is 2.01. The fraction of sp³-hybridized carbons (Fsp3) is 0.462. The summed E-state index contributed by atoms with van der Waals surface area (Å²) in [6.45, 7) is 3.71. The van der Waals surface area contributed by atoms with E-state index >= 15 is 0 Å². The van der Waals surface area contributed by atoms with Crippen molar-refractivity contribution in [3.8, 4) is 0 Å². The van der Waals surface area contributed by atoms with Crippen molar-refractivity contribution in [3.63, 3.8) is 0 Å². The third-order valence-corrected chi connectivity index (χ3v) is 4.92. The highest BCUT2D eigenvalue weighted by atomic mass is 79.9. The second-order valence-electron chi connectivity index (χ2n) is 4.43. The van der Waals surface area contributed by atoms with Gasteiger partial charge in [-0.15, -0.1) is 0 Å². The molecule has 1 aliphatic rings. The second-order valence-corrected chi connectivity index (χ2v) is 6.58. The first-order valence-electron chi connectivity index (χ1n) is 5.77. The van der Waals surface area contributed by atoms with Gasteiger partial charge in [0.15, 0.2) is 0 Å². The van der Waals surface area contributed by atoms with Crippen molar-refractivity contribution in [2.75, 3.05) is 13.1 Å². The van der Waals surface area contributed by atoms with E-state index in [0.717, 1.165) is 41.5 Å². The number of carbonyl (C=O) groups is 1. The lowest BCUT2D eigenvalue weighted by Gasteiger charge is -2.29. The average Bonchev–Trinajstić information content (AvgIpc) is 2.33. The van der Waals surface area contributed by atoms with E-state index in [-0.39, 0.29) is 5.91 Å². The van der Waals surface area contributed by atoms with Gasteiger partial charge in [0.1, 0.15) is 0 Å². The molecule has 92 valence electrons. The standard InChI is InChI=1S/C13H15Br2NO/c1-9-8-10(2-3-12(9)15)13(17)16-6-4-11(14)5-7-16/h2-3,8,11H,4-7H2,1H3. The summed E-state index contributed by atoms with van der Waals surface area (Å²) < 4.78 is 1.05. The number of hydrogen-bond donors (Lipinski definition) is 0. The Hall–Kier alpha value is -0.350. The van der Waals surface area contributed by atoms with Crippen molar-refractivity contribution < 1.29 is 4.79 Å². The van der Waals surface area contributed by atoms with Crippen molar-refractivity contribution >= 4 is 37.8 Å². The molecule has 1 fully saturated rings. The van der Waals surface area contributed by atoms with Crippen molar-refractivity contribution in [3.05, 3.63) is 33.8 Å². The minimum atomic E-state index is 0.153. The van der Waals surface area contributed by atoms with Gasteiger partial charge in [0.25, 0.3) is 5.91 Å². The Morgan fingerprint density at radius 1 is 1.35 bits per heavy atom. The minimum absolute atomic E-state index is 0.153. The summed E-state index contributed by atoms with van der Waals surface area (Å²) in [7, 11) is 0. The summed E-state index contributed by atoms with van der Waals surface area (Å²) in [5, 5.41) is 0. The SMILES string of the molecule is Cc1cc(C(=O)N2CCC(Br)CC2)ccc1Br. The van der Waals surface area contributed by atoms with Gasteiger partial charge in [0, 0.05) is 28.0 Å². The summed E-state index contributed by atoms with van der Waals surface area (Å²) in [4.78, 5) is 14.8. The van der Waals surface area contributed by atoms with Gasteiger partial charge in [-0.05, 0) is 43.5 Å². The topological polar surface area (TPSA) is 20.3 Å². The van der Waals surface area contributed by atoms with Gasteiger partial charge >= 0.3 is 0 Å². The molecule has 1 aromatic carbocycles. The van der Waals surface area contributed by atoms with Gasteiger partial charge < -0.3 is 4.90 Å². The lowest BCUT2D eigenvalue weighted by molar-refractivity contribution is 0.0728. The molecule has 0 atom stereocenters. The lowest BCUT2D eigenvalue weighted by atomic mass is 10.1. The van der Waals surface area contributed by atoms with Gasteiger partial charge in [-0.25, -0.2) is 0 Å². The van der Waals surface area contributed by atoms with Crippen LogP contribution >= 0.6 is 31.9 Å². The molecule has 0 spiro atoms. The average molecular weight is 361 g/mol. The van der Waals surface area contributed by atoms with Crippen LogP contribution < -0.4 is 0 Å². The molecule has 1 heterocycles. The molecule has 0 unspecified atom stereocenters. The normalized spacial score (nSPS) is 17.2. The molecule has 0 saturated carbocycles. The Bertz CT molecular complexity index is 425. The van der Waals surface area contributed by atoms with Gasteiger partial charge in [0.2, 0.25) is 0 Å². The van der Waals surface area contributed by atoms with E-state index < -0.39 is 0 Å². The molecule has 1 aliphatic heterocycles. The quantitative estimate of drug-likeness (QED) is 0.698. The number of alkyl halides is 1. The number of nitrogens with zero attached hydrogens (tertiary/aromatic N) is 1. The number of piperidine rings is 1. The number of amides is 1. The number of likely N-dealkylation sites (tertiary alicyclic amines) is 1. The molecule has 1 aromatic rings. The third kappa shape index (κ3) is 3.10. The van der Waals surface area contributed by atoms with Crippen LogP contribution in [0.2, 0.25) is 0 Å². The van der Waals surface area contributed by atoms with Crippen LogP contribution in [-0.4, -0.2) is 28.7 Å². The van der Waals surface area contributed by atoms with Crippen LogP contribution in [0.4, 0.5) is 0 Å². The van der Waals surface area contributed by atoms with E-state index in [4.69, 9.17) is 0 Å². The summed E-state index contributed by atoms with van der Waals surface area (Å²) in [5.41, 5.74) is 1.89. The number of halogens is 2. The van der Waals surface area contributed by atoms with Crippen LogP contribution in [0.1, 0.15) is 28.8 Å². The molecule has 0 radical (unpaired) electrons. The molecule has 1 saturated heterocycles. The van der Waals surface area contributed by atoms with E-state index in [1.807, 2.05) is 30.0 Å². The van der Waals surface area contributed by atoms with Gasteiger partial charge in [-0.3, -0.25) is 4.79 Å². The Balaban J connectivity index is 2.11. The number of carbonyl (C=O) groups excluding carboxylic acids is 1. The highest BCUT2D eigenvalue weighted by molar-refractivity contribution is 9.10.